The van der Waals surface area contributed by atoms with Crippen LogP contribution in [-0.4, -0.2) is 26.4 Å². The van der Waals surface area contributed by atoms with Gasteiger partial charge in [-0.15, -0.1) is 0 Å². The maximum atomic E-state index is 12.4. The van der Waals surface area contributed by atoms with Crippen LogP contribution in [0.1, 0.15) is 30.9 Å². The van der Waals surface area contributed by atoms with E-state index in [0.717, 1.165) is 30.5 Å². The average Bonchev–Trinajstić information content (AvgIpc) is 2.81. The monoisotopic (exact) mass is 311 g/mol. The van der Waals surface area contributed by atoms with Crippen molar-refractivity contribution < 1.29 is 13.2 Å². The van der Waals surface area contributed by atoms with E-state index >= 15 is 0 Å². The molecule has 0 bridgehead atoms. The van der Waals surface area contributed by atoms with E-state index in [4.69, 9.17) is 5.14 Å². The van der Waals surface area contributed by atoms with Gasteiger partial charge in [-0.05, 0) is 63.4 Å². The summed E-state index contributed by atoms with van der Waals surface area (Å²) in [4.78, 5) is 12.4. The molecule has 116 valence electrons. The zero-order chi connectivity index (χ0) is 15.8. The lowest BCUT2D eigenvalue weighted by atomic mass is 9.98. The second-order valence-corrected chi connectivity index (χ2v) is 7.34. The quantitative estimate of drug-likeness (QED) is 0.776. The number of nitrogens with one attached hydrogen (secondary N) is 2. The van der Waals surface area contributed by atoms with Gasteiger partial charge in [0.15, 0.2) is 0 Å². The molecule has 21 heavy (non-hydrogen) atoms. The average molecular weight is 311 g/mol. The molecule has 1 aliphatic rings. The molecule has 1 atom stereocenters. The summed E-state index contributed by atoms with van der Waals surface area (Å²) in [5, 5.41) is 11.2. The molecule has 0 aromatic heterocycles. The minimum atomic E-state index is -3.80. The second-order valence-electron chi connectivity index (χ2n) is 5.77. The first-order valence-corrected chi connectivity index (χ1v) is 8.39. The van der Waals surface area contributed by atoms with Crippen LogP contribution < -0.4 is 15.8 Å². The second kappa shape index (κ2) is 5.40. The molecule has 0 spiro atoms. The third-order valence-electron chi connectivity index (χ3n) is 4.09. The SMILES string of the molecule is Cc1cc(S(N)(=O)=O)cc(NC(=O)C2(C)CCCN2)c1C. The number of hydrogen-bond donors (Lipinski definition) is 3. The number of rotatable bonds is 3. The Hall–Kier alpha value is -1.44. The Morgan fingerprint density at radius 1 is 1.38 bits per heavy atom. The number of sulfonamides is 1. The molecule has 1 aromatic rings. The molecule has 1 unspecified atom stereocenters. The molecule has 4 N–H and O–H groups in total. The van der Waals surface area contributed by atoms with Crippen LogP contribution >= 0.6 is 0 Å². The number of aryl methyl sites for hydroxylation is 1. The zero-order valence-electron chi connectivity index (χ0n) is 12.5. The van der Waals surface area contributed by atoms with E-state index in [0.29, 0.717) is 5.69 Å². The summed E-state index contributed by atoms with van der Waals surface area (Å²) in [6.45, 7) is 6.28. The minimum absolute atomic E-state index is 0.00503. The van der Waals surface area contributed by atoms with Gasteiger partial charge in [0.1, 0.15) is 0 Å². The van der Waals surface area contributed by atoms with Crippen LogP contribution in [0.5, 0.6) is 0 Å². The maximum Gasteiger partial charge on any atom is 0.244 e. The lowest BCUT2D eigenvalue weighted by molar-refractivity contribution is -0.121. The summed E-state index contributed by atoms with van der Waals surface area (Å²) < 4.78 is 23.0. The molecule has 1 amide bonds. The highest BCUT2D eigenvalue weighted by molar-refractivity contribution is 7.89. The summed E-state index contributed by atoms with van der Waals surface area (Å²) in [7, 11) is -3.80. The molecular weight excluding hydrogens is 290 g/mol. The van der Waals surface area contributed by atoms with Crippen LogP contribution in [0.15, 0.2) is 17.0 Å². The molecule has 0 radical (unpaired) electrons. The van der Waals surface area contributed by atoms with Crippen LogP contribution in [-0.2, 0) is 14.8 Å². The van der Waals surface area contributed by atoms with E-state index < -0.39 is 15.6 Å². The van der Waals surface area contributed by atoms with E-state index in [1.165, 1.54) is 12.1 Å². The number of carbonyl (C=O) groups is 1. The first kappa shape index (κ1) is 15.9. The smallest absolute Gasteiger partial charge is 0.244 e. The van der Waals surface area contributed by atoms with Gasteiger partial charge < -0.3 is 10.6 Å². The highest BCUT2D eigenvalue weighted by atomic mass is 32.2. The highest BCUT2D eigenvalue weighted by Gasteiger charge is 2.36. The zero-order valence-corrected chi connectivity index (χ0v) is 13.3. The molecule has 6 nitrogen and oxygen atoms in total. The molecule has 0 aliphatic carbocycles. The normalized spacial score (nSPS) is 22.3. The molecule has 1 heterocycles. The number of amides is 1. The van der Waals surface area contributed by atoms with Crippen LogP contribution in [0.4, 0.5) is 5.69 Å². The fourth-order valence-electron chi connectivity index (χ4n) is 2.47. The van der Waals surface area contributed by atoms with Gasteiger partial charge in [0.2, 0.25) is 15.9 Å². The van der Waals surface area contributed by atoms with E-state index in [1.54, 1.807) is 6.92 Å². The Kier molecular flexibility index (Phi) is 4.10. The molecule has 0 saturated carbocycles. The minimum Gasteiger partial charge on any atom is -0.324 e. The Labute approximate surface area is 125 Å². The van der Waals surface area contributed by atoms with Crippen molar-refractivity contribution in [1.29, 1.82) is 0 Å². The maximum absolute atomic E-state index is 12.4. The van der Waals surface area contributed by atoms with Gasteiger partial charge in [0, 0.05) is 5.69 Å². The number of primary sulfonamides is 1. The van der Waals surface area contributed by atoms with Gasteiger partial charge in [0.25, 0.3) is 0 Å². The van der Waals surface area contributed by atoms with Crippen molar-refractivity contribution in [3.8, 4) is 0 Å². The number of carbonyl (C=O) groups excluding carboxylic acids is 1. The molecule has 7 heteroatoms. The summed E-state index contributed by atoms with van der Waals surface area (Å²) in [5.41, 5.74) is 1.47. The lowest BCUT2D eigenvalue weighted by Crippen LogP contribution is -2.48. The van der Waals surface area contributed by atoms with Gasteiger partial charge >= 0.3 is 0 Å². The summed E-state index contributed by atoms with van der Waals surface area (Å²) in [5.74, 6) is -0.158. The van der Waals surface area contributed by atoms with Crippen molar-refractivity contribution in [3.05, 3.63) is 23.3 Å². The van der Waals surface area contributed by atoms with E-state index in [9.17, 15) is 13.2 Å². The topological polar surface area (TPSA) is 101 Å². The fourth-order valence-corrected chi connectivity index (χ4v) is 3.09. The number of benzene rings is 1. The van der Waals surface area contributed by atoms with Crippen molar-refractivity contribution >= 4 is 21.6 Å². The van der Waals surface area contributed by atoms with Crippen LogP contribution in [0.2, 0.25) is 0 Å². The Morgan fingerprint density at radius 3 is 2.57 bits per heavy atom. The van der Waals surface area contributed by atoms with Crippen molar-refractivity contribution in [2.45, 2.75) is 44.0 Å². The van der Waals surface area contributed by atoms with Gasteiger partial charge in [-0.2, -0.15) is 0 Å². The first-order valence-electron chi connectivity index (χ1n) is 6.84. The fraction of sp³-hybridized carbons (Fsp3) is 0.500. The van der Waals surface area contributed by atoms with Crippen LogP contribution in [0.25, 0.3) is 0 Å². The van der Waals surface area contributed by atoms with E-state index in [-0.39, 0.29) is 10.8 Å². The third-order valence-corrected chi connectivity index (χ3v) is 4.98. The molecular formula is C14H21N3O3S. The standard InChI is InChI=1S/C14H21N3O3S/c1-9-7-11(21(15,19)20)8-12(10(9)2)17-13(18)14(3)5-4-6-16-14/h7-8,16H,4-6H2,1-3H3,(H,17,18)(H2,15,19,20). The Balaban J connectivity index is 2.36. The van der Waals surface area contributed by atoms with Gasteiger partial charge in [-0.3, -0.25) is 4.79 Å². The molecule has 1 fully saturated rings. The number of hydrogen-bond acceptors (Lipinski definition) is 4. The van der Waals surface area contributed by atoms with Crippen molar-refractivity contribution in [1.82, 2.24) is 5.32 Å². The Bertz CT molecular complexity index is 677. The van der Waals surface area contributed by atoms with Gasteiger partial charge in [-0.1, -0.05) is 0 Å². The first-order chi connectivity index (χ1) is 9.63. The van der Waals surface area contributed by atoms with E-state index in [1.807, 2.05) is 13.8 Å². The predicted octanol–water partition coefficient (Wildman–Crippen LogP) is 1.03. The molecule has 1 aliphatic heterocycles. The molecule has 1 saturated heterocycles. The van der Waals surface area contributed by atoms with Crippen LogP contribution in [0, 0.1) is 13.8 Å². The Morgan fingerprint density at radius 2 is 2.05 bits per heavy atom. The number of nitrogens with two attached hydrogens (primary N) is 1. The van der Waals surface area contributed by atoms with Crippen molar-refractivity contribution in [2.24, 2.45) is 5.14 Å². The van der Waals surface area contributed by atoms with Crippen LogP contribution in [0.3, 0.4) is 0 Å². The van der Waals surface area contributed by atoms with Crippen molar-refractivity contribution in [3.63, 3.8) is 0 Å². The van der Waals surface area contributed by atoms with Gasteiger partial charge in [0.05, 0.1) is 10.4 Å². The summed E-state index contributed by atoms with van der Waals surface area (Å²) in [6, 6.07) is 2.92. The van der Waals surface area contributed by atoms with Crippen molar-refractivity contribution in [2.75, 3.05) is 11.9 Å². The summed E-state index contributed by atoms with van der Waals surface area (Å²) >= 11 is 0. The summed E-state index contributed by atoms with van der Waals surface area (Å²) in [6.07, 6.45) is 1.70. The third kappa shape index (κ3) is 3.25. The van der Waals surface area contributed by atoms with E-state index in [2.05, 4.69) is 10.6 Å². The van der Waals surface area contributed by atoms with Gasteiger partial charge in [-0.25, -0.2) is 13.6 Å². The molecule has 2 rings (SSSR count). The molecule has 1 aromatic carbocycles. The predicted molar refractivity (Wildman–Crippen MR) is 81.6 cm³/mol. The largest absolute Gasteiger partial charge is 0.324 e. The highest BCUT2D eigenvalue weighted by Crippen LogP contribution is 2.26. The lowest BCUT2D eigenvalue weighted by Gasteiger charge is -2.24. The number of anilines is 1.